The Morgan fingerprint density at radius 3 is 2.03 bits per heavy atom. The molecule has 1 aromatic heterocycles. The molecule has 0 spiro atoms. The minimum atomic E-state index is -1.37. The average molecular weight is 508 g/mol. The van der Waals surface area contributed by atoms with Crippen molar-refractivity contribution in [2.45, 2.75) is 57.1 Å². The Labute approximate surface area is 216 Å². The van der Waals surface area contributed by atoms with Crippen molar-refractivity contribution in [1.82, 2.24) is 4.98 Å². The molecule has 1 fully saturated rings. The topological polar surface area (TPSA) is 107 Å². The molecule has 2 aromatic carbocycles. The fourth-order valence-corrected chi connectivity index (χ4v) is 4.62. The zero-order chi connectivity index (χ0) is 26.6. The summed E-state index contributed by atoms with van der Waals surface area (Å²) in [6.07, 6.45) is -4.36. The monoisotopic (exact) mass is 507 g/mol. The number of aromatic nitrogens is 1. The van der Waals surface area contributed by atoms with E-state index in [0.29, 0.717) is 5.69 Å². The highest BCUT2D eigenvalue weighted by Crippen LogP contribution is 2.40. The highest BCUT2D eigenvalue weighted by Gasteiger charge is 2.48. The van der Waals surface area contributed by atoms with Crippen LogP contribution in [0.3, 0.4) is 0 Å². The van der Waals surface area contributed by atoms with E-state index >= 15 is 0 Å². The number of aryl methyl sites for hydroxylation is 2. The van der Waals surface area contributed by atoms with Crippen molar-refractivity contribution in [3.63, 3.8) is 0 Å². The molecule has 0 bridgehead atoms. The average Bonchev–Trinajstić information content (AvgIpc) is 2.90. The van der Waals surface area contributed by atoms with Gasteiger partial charge in [0.15, 0.2) is 18.0 Å². The summed E-state index contributed by atoms with van der Waals surface area (Å²) in [4.78, 5) is 16.3. The molecule has 2 N–H and O–H groups in total. The largest absolute Gasteiger partial charge is 0.457 e. The Balaban J connectivity index is 1.78. The van der Waals surface area contributed by atoms with Crippen molar-refractivity contribution in [3.05, 3.63) is 101 Å². The Hall–Kier alpha value is -3.14. The molecule has 0 aliphatic carbocycles. The number of hydrogen-bond donors (Lipinski definition) is 2. The molecule has 2 heterocycles. The second kappa shape index (κ2) is 11.5. The van der Waals surface area contributed by atoms with Gasteiger partial charge in [-0.15, -0.1) is 0 Å². The maximum atomic E-state index is 11.7. The SMILES string of the molecule is CO[C@H]1O[C@H](COC(c2ccc(C)cc2)(c2ccc(C)cc2)c2ccccn2)[C@@H](O)[C@H](OC(C)=O)[C@H]1O. The van der Waals surface area contributed by atoms with Crippen LogP contribution in [0.15, 0.2) is 72.9 Å². The molecule has 37 heavy (non-hydrogen) atoms. The van der Waals surface area contributed by atoms with Crippen molar-refractivity contribution in [2.75, 3.05) is 13.7 Å². The summed E-state index contributed by atoms with van der Waals surface area (Å²) in [5, 5.41) is 21.6. The molecule has 0 radical (unpaired) electrons. The van der Waals surface area contributed by atoms with E-state index in [2.05, 4.69) is 4.98 Å². The summed E-state index contributed by atoms with van der Waals surface area (Å²) in [5.41, 5.74) is 3.36. The van der Waals surface area contributed by atoms with E-state index < -0.39 is 42.3 Å². The van der Waals surface area contributed by atoms with Gasteiger partial charge >= 0.3 is 5.97 Å². The van der Waals surface area contributed by atoms with Crippen molar-refractivity contribution < 1.29 is 34.0 Å². The zero-order valence-corrected chi connectivity index (χ0v) is 21.4. The van der Waals surface area contributed by atoms with Gasteiger partial charge < -0.3 is 29.2 Å². The third kappa shape index (κ3) is 5.58. The fraction of sp³-hybridized carbons (Fsp3) is 0.379. The summed E-state index contributed by atoms with van der Waals surface area (Å²) in [6.45, 7) is 5.11. The van der Waals surface area contributed by atoms with Crippen LogP contribution in [0.2, 0.25) is 0 Å². The number of methoxy groups -OCH3 is 1. The number of pyridine rings is 1. The van der Waals surface area contributed by atoms with Crippen LogP contribution in [0.4, 0.5) is 0 Å². The molecule has 1 aliphatic heterocycles. The molecule has 0 amide bonds. The number of carbonyl (C=O) groups excluding carboxylic acids is 1. The molecule has 0 saturated carbocycles. The summed E-state index contributed by atoms with van der Waals surface area (Å²) in [6, 6.07) is 21.6. The van der Waals surface area contributed by atoms with Gasteiger partial charge in [0.1, 0.15) is 18.3 Å². The van der Waals surface area contributed by atoms with Gasteiger partial charge in [0, 0.05) is 20.2 Å². The number of aliphatic hydroxyl groups is 2. The zero-order valence-electron chi connectivity index (χ0n) is 21.4. The van der Waals surface area contributed by atoms with Crippen LogP contribution in [0.5, 0.6) is 0 Å². The lowest BCUT2D eigenvalue weighted by Gasteiger charge is -2.43. The summed E-state index contributed by atoms with van der Waals surface area (Å²) >= 11 is 0. The quantitative estimate of drug-likeness (QED) is 0.448. The van der Waals surface area contributed by atoms with Crippen molar-refractivity contribution in [2.24, 2.45) is 0 Å². The van der Waals surface area contributed by atoms with Crippen molar-refractivity contribution in [1.29, 1.82) is 0 Å². The van der Waals surface area contributed by atoms with Crippen LogP contribution in [-0.2, 0) is 29.3 Å². The molecule has 8 nitrogen and oxygen atoms in total. The molecule has 3 aromatic rings. The number of hydrogen-bond acceptors (Lipinski definition) is 8. The van der Waals surface area contributed by atoms with Gasteiger partial charge in [-0.2, -0.15) is 0 Å². The first-order valence-corrected chi connectivity index (χ1v) is 12.2. The van der Waals surface area contributed by atoms with E-state index in [1.54, 1.807) is 6.20 Å². The fourth-order valence-electron chi connectivity index (χ4n) is 4.62. The predicted octanol–water partition coefficient (Wildman–Crippen LogP) is 3.03. The molecule has 1 saturated heterocycles. The minimum absolute atomic E-state index is 0.121. The van der Waals surface area contributed by atoms with E-state index in [1.807, 2.05) is 80.6 Å². The number of benzene rings is 2. The molecule has 1 aliphatic rings. The van der Waals surface area contributed by atoms with Crippen molar-refractivity contribution in [3.8, 4) is 0 Å². The van der Waals surface area contributed by atoms with Gasteiger partial charge in [0.05, 0.1) is 12.3 Å². The van der Waals surface area contributed by atoms with Crippen LogP contribution < -0.4 is 0 Å². The van der Waals surface area contributed by atoms with E-state index in [4.69, 9.17) is 18.9 Å². The molecule has 8 heteroatoms. The van der Waals surface area contributed by atoms with Gasteiger partial charge in [-0.3, -0.25) is 9.78 Å². The Kier molecular flexibility index (Phi) is 8.36. The van der Waals surface area contributed by atoms with Crippen LogP contribution >= 0.6 is 0 Å². The molecule has 0 unspecified atom stereocenters. The minimum Gasteiger partial charge on any atom is -0.457 e. The lowest BCUT2D eigenvalue weighted by Crippen LogP contribution is -2.60. The second-order valence-corrected chi connectivity index (χ2v) is 9.27. The lowest BCUT2D eigenvalue weighted by atomic mass is 9.82. The van der Waals surface area contributed by atoms with Crippen LogP contribution in [-0.4, -0.2) is 65.6 Å². The second-order valence-electron chi connectivity index (χ2n) is 9.27. The standard InChI is InChI=1S/C29H33NO7/c1-18-8-12-21(13-9-18)29(24-7-5-6-16-30-24,22-14-10-19(2)11-15-22)35-17-23-25(32)27(36-20(3)31)26(33)28(34-4)37-23/h5-16,23,25-28,32-33H,17H2,1-4H3/t23-,25-,26-,27+,28+/m1/s1. The smallest absolute Gasteiger partial charge is 0.303 e. The van der Waals surface area contributed by atoms with Crippen LogP contribution in [0, 0.1) is 13.8 Å². The molecule has 4 rings (SSSR count). The number of nitrogens with zero attached hydrogens (tertiary/aromatic N) is 1. The number of carbonyl (C=O) groups is 1. The Bertz CT molecular complexity index is 1120. The van der Waals surface area contributed by atoms with Gasteiger partial charge in [0.25, 0.3) is 0 Å². The molecule has 196 valence electrons. The Morgan fingerprint density at radius 2 is 1.54 bits per heavy atom. The summed E-state index contributed by atoms with van der Waals surface area (Å²) in [5.74, 6) is -0.637. The number of rotatable bonds is 8. The van der Waals surface area contributed by atoms with E-state index in [-0.39, 0.29) is 6.61 Å². The first kappa shape index (κ1) is 26.9. The lowest BCUT2D eigenvalue weighted by molar-refractivity contribution is -0.301. The van der Waals surface area contributed by atoms with Crippen LogP contribution in [0.1, 0.15) is 34.9 Å². The first-order chi connectivity index (χ1) is 17.8. The first-order valence-electron chi connectivity index (χ1n) is 12.2. The number of ether oxygens (including phenoxy) is 4. The summed E-state index contributed by atoms with van der Waals surface area (Å²) < 4.78 is 23.1. The number of esters is 1. The van der Waals surface area contributed by atoms with Gasteiger partial charge in [-0.1, -0.05) is 65.7 Å². The molecular weight excluding hydrogens is 474 g/mol. The highest BCUT2D eigenvalue weighted by molar-refractivity contribution is 5.66. The maximum Gasteiger partial charge on any atom is 0.303 e. The van der Waals surface area contributed by atoms with E-state index in [1.165, 1.54) is 14.0 Å². The van der Waals surface area contributed by atoms with Gasteiger partial charge in [-0.05, 0) is 37.1 Å². The van der Waals surface area contributed by atoms with Gasteiger partial charge in [0.2, 0.25) is 0 Å². The van der Waals surface area contributed by atoms with Crippen molar-refractivity contribution >= 4 is 5.97 Å². The van der Waals surface area contributed by atoms with E-state index in [9.17, 15) is 15.0 Å². The Morgan fingerprint density at radius 1 is 0.946 bits per heavy atom. The molecular formula is C29H33NO7. The van der Waals surface area contributed by atoms with E-state index in [0.717, 1.165) is 22.3 Å². The maximum absolute atomic E-state index is 11.7. The summed E-state index contributed by atoms with van der Waals surface area (Å²) in [7, 11) is 1.37. The predicted molar refractivity (Wildman–Crippen MR) is 136 cm³/mol. The highest BCUT2D eigenvalue weighted by atomic mass is 16.7. The van der Waals surface area contributed by atoms with Gasteiger partial charge in [-0.25, -0.2) is 0 Å². The third-order valence-corrected chi connectivity index (χ3v) is 6.58. The third-order valence-electron chi connectivity index (χ3n) is 6.58. The number of aliphatic hydroxyl groups excluding tert-OH is 2. The normalized spacial score (nSPS) is 24.0. The molecule has 5 atom stereocenters. The van der Waals surface area contributed by atoms with Crippen LogP contribution in [0.25, 0.3) is 0 Å².